The molecule has 0 saturated heterocycles. The molecule has 1 aromatic heterocycles. The van der Waals surface area contributed by atoms with Crippen molar-refractivity contribution < 1.29 is 14.7 Å². The molecule has 100 valence electrons. The van der Waals surface area contributed by atoms with Crippen LogP contribution in [0.4, 0.5) is 0 Å². The van der Waals surface area contributed by atoms with E-state index in [0.29, 0.717) is 0 Å². The molecule has 19 heavy (non-hydrogen) atoms. The Labute approximate surface area is 109 Å². The number of aromatic amines is 1. The normalized spacial score (nSPS) is 12.3. The Kier molecular flexibility index (Phi) is 3.82. The number of aromatic nitrogens is 1. The fourth-order valence-corrected chi connectivity index (χ4v) is 1.82. The van der Waals surface area contributed by atoms with Crippen LogP contribution in [0.15, 0.2) is 30.5 Å². The van der Waals surface area contributed by atoms with Crippen LogP contribution < -0.4 is 11.1 Å². The van der Waals surface area contributed by atoms with Crippen LogP contribution in [0.2, 0.25) is 0 Å². The maximum atomic E-state index is 11.7. The zero-order valence-corrected chi connectivity index (χ0v) is 10.2. The molecule has 1 unspecified atom stereocenters. The molecule has 0 aliphatic heterocycles. The van der Waals surface area contributed by atoms with Crippen molar-refractivity contribution in [3.63, 3.8) is 0 Å². The predicted octanol–water partition coefficient (Wildman–Crippen LogP) is 0.239. The molecule has 0 radical (unpaired) electrons. The van der Waals surface area contributed by atoms with Gasteiger partial charge in [0.2, 0.25) is 5.91 Å². The molecule has 1 heterocycles. The van der Waals surface area contributed by atoms with Crippen molar-refractivity contribution in [2.45, 2.75) is 12.5 Å². The van der Waals surface area contributed by atoms with Gasteiger partial charge in [0.1, 0.15) is 6.04 Å². The van der Waals surface area contributed by atoms with Gasteiger partial charge in [-0.25, -0.2) is 0 Å². The molecule has 0 aliphatic carbocycles. The number of nitrogens with one attached hydrogen (secondary N) is 2. The fourth-order valence-electron chi connectivity index (χ4n) is 1.82. The number of H-pyrrole nitrogens is 1. The van der Waals surface area contributed by atoms with Crippen molar-refractivity contribution in [3.8, 4) is 0 Å². The molecule has 1 atom stereocenters. The van der Waals surface area contributed by atoms with Gasteiger partial charge in [-0.15, -0.1) is 0 Å². The number of carboxylic acid groups (broad SMARTS) is 1. The number of carboxylic acids is 1. The Balaban J connectivity index is 1.97. The standard InChI is InChI=1S/C13H15N3O3/c14-10(13(18)19)7-16-12(17)5-8-6-15-11-4-2-1-3-9(8)11/h1-4,6,10,15H,5,7,14H2,(H,16,17)(H,18,19). The Bertz CT molecular complexity index is 606. The lowest BCUT2D eigenvalue weighted by Crippen LogP contribution is -2.42. The van der Waals surface area contributed by atoms with E-state index in [4.69, 9.17) is 10.8 Å². The maximum Gasteiger partial charge on any atom is 0.322 e. The fraction of sp³-hybridized carbons (Fsp3) is 0.231. The largest absolute Gasteiger partial charge is 0.480 e. The van der Waals surface area contributed by atoms with Gasteiger partial charge >= 0.3 is 5.97 Å². The lowest BCUT2D eigenvalue weighted by molar-refractivity contribution is -0.138. The van der Waals surface area contributed by atoms with Gasteiger partial charge in [-0.2, -0.15) is 0 Å². The van der Waals surface area contributed by atoms with Crippen molar-refractivity contribution in [2.24, 2.45) is 5.73 Å². The van der Waals surface area contributed by atoms with Crippen LogP contribution in [-0.2, 0) is 16.0 Å². The number of amides is 1. The minimum Gasteiger partial charge on any atom is -0.480 e. The Hall–Kier alpha value is -2.34. The lowest BCUT2D eigenvalue weighted by Gasteiger charge is -2.08. The molecule has 0 fully saturated rings. The van der Waals surface area contributed by atoms with Crippen LogP contribution >= 0.6 is 0 Å². The van der Waals surface area contributed by atoms with E-state index < -0.39 is 12.0 Å². The third-order valence-electron chi connectivity index (χ3n) is 2.86. The van der Waals surface area contributed by atoms with Crippen LogP contribution in [0.5, 0.6) is 0 Å². The summed E-state index contributed by atoms with van der Waals surface area (Å²) in [5, 5.41) is 12.1. The average molecular weight is 261 g/mol. The van der Waals surface area contributed by atoms with Gasteiger partial charge < -0.3 is 21.1 Å². The second-order valence-electron chi connectivity index (χ2n) is 4.29. The van der Waals surface area contributed by atoms with Crippen molar-refractivity contribution >= 4 is 22.8 Å². The first-order valence-electron chi connectivity index (χ1n) is 5.88. The summed E-state index contributed by atoms with van der Waals surface area (Å²) in [7, 11) is 0. The molecule has 6 nitrogen and oxygen atoms in total. The zero-order valence-electron chi connectivity index (χ0n) is 10.2. The van der Waals surface area contributed by atoms with E-state index in [2.05, 4.69) is 10.3 Å². The summed E-state index contributed by atoms with van der Waals surface area (Å²) in [5.74, 6) is -1.38. The van der Waals surface area contributed by atoms with E-state index in [1.54, 1.807) is 6.20 Å². The highest BCUT2D eigenvalue weighted by atomic mass is 16.4. The van der Waals surface area contributed by atoms with Crippen LogP contribution in [0.1, 0.15) is 5.56 Å². The van der Waals surface area contributed by atoms with Gasteiger partial charge in [0.25, 0.3) is 0 Å². The third kappa shape index (κ3) is 3.11. The van der Waals surface area contributed by atoms with E-state index in [0.717, 1.165) is 16.5 Å². The van der Waals surface area contributed by atoms with Crippen LogP contribution in [-0.4, -0.2) is 34.6 Å². The van der Waals surface area contributed by atoms with Gasteiger partial charge in [0.05, 0.1) is 6.42 Å². The second-order valence-corrected chi connectivity index (χ2v) is 4.29. The Morgan fingerprint density at radius 3 is 2.84 bits per heavy atom. The number of hydrogen-bond donors (Lipinski definition) is 4. The molecule has 0 spiro atoms. The number of carbonyl (C=O) groups excluding carboxylic acids is 1. The summed E-state index contributed by atoms with van der Waals surface area (Å²) < 4.78 is 0. The number of para-hydroxylation sites is 1. The number of hydrogen-bond acceptors (Lipinski definition) is 3. The highest BCUT2D eigenvalue weighted by Crippen LogP contribution is 2.17. The van der Waals surface area contributed by atoms with Crippen molar-refractivity contribution in [3.05, 3.63) is 36.0 Å². The number of benzene rings is 1. The Morgan fingerprint density at radius 1 is 1.37 bits per heavy atom. The monoisotopic (exact) mass is 261 g/mol. The SMILES string of the molecule is NC(CNC(=O)Cc1c[nH]c2ccccc12)C(=O)O. The molecular weight excluding hydrogens is 246 g/mol. The summed E-state index contributed by atoms with van der Waals surface area (Å²) in [6, 6.07) is 6.59. The summed E-state index contributed by atoms with van der Waals surface area (Å²) >= 11 is 0. The molecule has 6 heteroatoms. The van der Waals surface area contributed by atoms with E-state index in [1.807, 2.05) is 24.3 Å². The minimum atomic E-state index is -1.13. The van der Waals surface area contributed by atoms with Crippen LogP contribution in [0.25, 0.3) is 10.9 Å². The molecule has 0 saturated carbocycles. The van der Waals surface area contributed by atoms with Crippen molar-refractivity contribution in [2.75, 3.05) is 6.54 Å². The first-order chi connectivity index (χ1) is 9.08. The highest BCUT2D eigenvalue weighted by molar-refractivity contribution is 5.89. The van der Waals surface area contributed by atoms with Crippen LogP contribution in [0, 0.1) is 0 Å². The molecule has 2 aromatic rings. The topological polar surface area (TPSA) is 108 Å². The smallest absolute Gasteiger partial charge is 0.322 e. The Morgan fingerprint density at radius 2 is 2.11 bits per heavy atom. The average Bonchev–Trinajstić information content (AvgIpc) is 2.79. The number of nitrogens with two attached hydrogens (primary N) is 1. The number of rotatable bonds is 5. The second kappa shape index (κ2) is 5.53. The first-order valence-corrected chi connectivity index (χ1v) is 5.88. The third-order valence-corrected chi connectivity index (χ3v) is 2.86. The molecule has 2 rings (SSSR count). The van der Waals surface area contributed by atoms with Gasteiger partial charge in [-0.05, 0) is 11.6 Å². The molecule has 5 N–H and O–H groups in total. The quantitative estimate of drug-likeness (QED) is 0.618. The summed E-state index contributed by atoms with van der Waals surface area (Å²) in [6.45, 7) is -0.0729. The molecule has 0 aliphatic rings. The van der Waals surface area contributed by atoms with Gasteiger partial charge in [-0.3, -0.25) is 9.59 Å². The minimum absolute atomic E-state index is 0.0729. The number of fused-ring (bicyclic) bond motifs is 1. The lowest BCUT2D eigenvalue weighted by atomic mass is 10.1. The van der Waals surface area contributed by atoms with Gasteiger partial charge in [0.15, 0.2) is 0 Å². The van der Waals surface area contributed by atoms with E-state index >= 15 is 0 Å². The van der Waals surface area contributed by atoms with Crippen molar-refractivity contribution in [1.29, 1.82) is 0 Å². The molecule has 1 aromatic carbocycles. The molecular formula is C13H15N3O3. The zero-order chi connectivity index (χ0) is 13.8. The molecule has 1 amide bonds. The number of aliphatic carboxylic acids is 1. The van der Waals surface area contributed by atoms with Gasteiger partial charge in [0, 0.05) is 23.6 Å². The summed E-state index contributed by atoms with van der Waals surface area (Å²) in [6.07, 6.45) is 1.97. The summed E-state index contributed by atoms with van der Waals surface area (Å²) in [4.78, 5) is 25.3. The maximum absolute atomic E-state index is 11.7. The van der Waals surface area contributed by atoms with Crippen molar-refractivity contribution in [1.82, 2.24) is 10.3 Å². The number of carbonyl (C=O) groups is 2. The van der Waals surface area contributed by atoms with E-state index in [1.165, 1.54) is 0 Å². The van der Waals surface area contributed by atoms with Gasteiger partial charge in [-0.1, -0.05) is 18.2 Å². The summed E-state index contributed by atoms with van der Waals surface area (Å²) in [5.41, 5.74) is 7.15. The highest BCUT2D eigenvalue weighted by Gasteiger charge is 2.13. The first kappa shape index (κ1) is 13.1. The van der Waals surface area contributed by atoms with E-state index in [-0.39, 0.29) is 18.9 Å². The predicted molar refractivity (Wildman–Crippen MR) is 70.6 cm³/mol. The van der Waals surface area contributed by atoms with Crippen LogP contribution in [0.3, 0.4) is 0 Å². The van der Waals surface area contributed by atoms with E-state index in [9.17, 15) is 9.59 Å². The molecule has 0 bridgehead atoms.